The first-order valence-corrected chi connectivity index (χ1v) is 10.3. The van der Waals surface area contributed by atoms with Crippen LogP contribution in [0.2, 0.25) is 0 Å². The van der Waals surface area contributed by atoms with Crippen LogP contribution in [0.1, 0.15) is 33.2 Å². The average Bonchev–Trinajstić information content (AvgIpc) is 2.82. The topological polar surface area (TPSA) is 102 Å². The van der Waals surface area contributed by atoms with Gasteiger partial charge < -0.3 is 19.3 Å². The number of nitro groups is 1. The summed E-state index contributed by atoms with van der Waals surface area (Å²) in [7, 11) is 1.35. The van der Waals surface area contributed by atoms with Crippen LogP contribution in [-0.4, -0.2) is 66.4 Å². The van der Waals surface area contributed by atoms with E-state index in [9.17, 15) is 32.9 Å². The first kappa shape index (κ1) is 24.8. The summed E-state index contributed by atoms with van der Waals surface area (Å²) in [4.78, 5) is 39.4. The molecule has 9 nitrogen and oxygen atoms in total. The average molecular weight is 481 g/mol. The van der Waals surface area contributed by atoms with Gasteiger partial charge in [-0.1, -0.05) is 0 Å². The molecule has 1 aliphatic heterocycles. The smallest absolute Gasteiger partial charge is 0.416 e. The number of alkyl halides is 3. The number of carbonyl (C=O) groups excluding carboxylic acids is 2. The van der Waals surface area contributed by atoms with Gasteiger partial charge in [-0.3, -0.25) is 19.7 Å². The number of hydrogen-bond donors (Lipinski definition) is 0. The largest absolute Gasteiger partial charge is 0.493 e. The fourth-order valence-corrected chi connectivity index (χ4v) is 3.57. The molecule has 1 fully saturated rings. The number of hydrogen-bond acceptors (Lipinski definition) is 6. The van der Waals surface area contributed by atoms with Crippen molar-refractivity contribution in [2.45, 2.75) is 13.1 Å². The Morgan fingerprint density at radius 1 is 1.00 bits per heavy atom. The summed E-state index contributed by atoms with van der Waals surface area (Å²) in [6.07, 6.45) is -4.50. The third kappa shape index (κ3) is 5.21. The van der Waals surface area contributed by atoms with E-state index in [0.717, 1.165) is 30.3 Å². The number of ether oxygens (including phenoxy) is 2. The molecule has 0 radical (unpaired) electrons. The summed E-state index contributed by atoms with van der Waals surface area (Å²) in [5.74, 6) is -0.753. The van der Waals surface area contributed by atoms with Crippen molar-refractivity contribution in [3.63, 3.8) is 0 Å². The molecule has 1 aliphatic rings. The van der Waals surface area contributed by atoms with Crippen molar-refractivity contribution in [1.29, 1.82) is 0 Å². The number of piperazine rings is 1. The van der Waals surface area contributed by atoms with Crippen molar-refractivity contribution >= 4 is 17.5 Å². The molecule has 2 aromatic rings. The highest BCUT2D eigenvalue weighted by Crippen LogP contribution is 2.35. The Morgan fingerprint density at radius 3 is 2.03 bits per heavy atom. The standard InChI is InChI=1S/C22H22F3N3O6/c1-3-34-19-13-17(28(31)32)16(12-18(19)33-2)21(30)27-10-8-26(9-11-27)20(29)14-4-6-15(7-5-14)22(23,24)25/h4-7,12-13H,3,8-11H2,1-2H3. The molecule has 2 aromatic carbocycles. The molecule has 0 unspecified atom stereocenters. The second-order valence-electron chi connectivity index (χ2n) is 7.37. The summed E-state index contributed by atoms with van der Waals surface area (Å²) in [5.41, 5.74) is -1.36. The van der Waals surface area contributed by atoms with Crippen molar-refractivity contribution in [2.75, 3.05) is 39.9 Å². The van der Waals surface area contributed by atoms with Crippen LogP contribution in [-0.2, 0) is 6.18 Å². The Kier molecular flexibility index (Phi) is 7.28. The molecule has 34 heavy (non-hydrogen) atoms. The minimum absolute atomic E-state index is 0.0951. The molecular formula is C22H22F3N3O6. The Morgan fingerprint density at radius 2 is 1.56 bits per heavy atom. The highest BCUT2D eigenvalue weighted by atomic mass is 19.4. The number of methoxy groups -OCH3 is 1. The fraction of sp³-hybridized carbons (Fsp3) is 0.364. The molecular weight excluding hydrogens is 459 g/mol. The lowest BCUT2D eigenvalue weighted by Gasteiger charge is -2.34. The van der Waals surface area contributed by atoms with Gasteiger partial charge in [0.25, 0.3) is 17.5 Å². The van der Waals surface area contributed by atoms with Crippen LogP contribution >= 0.6 is 0 Å². The van der Waals surface area contributed by atoms with E-state index in [0.29, 0.717) is 0 Å². The second kappa shape index (κ2) is 9.98. The van der Waals surface area contributed by atoms with E-state index in [1.54, 1.807) is 6.92 Å². The predicted octanol–water partition coefficient (Wildman–Crippen LogP) is 3.62. The first-order chi connectivity index (χ1) is 16.1. The zero-order chi connectivity index (χ0) is 25.0. The third-order valence-corrected chi connectivity index (χ3v) is 5.32. The van der Waals surface area contributed by atoms with Gasteiger partial charge in [0.2, 0.25) is 0 Å². The zero-order valence-corrected chi connectivity index (χ0v) is 18.4. The number of carbonyl (C=O) groups is 2. The van der Waals surface area contributed by atoms with Crippen LogP contribution in [0.3, 0.4) is 0 Å². The van der Waals surface area contributed by atoms with Gasteiger partial charge in [-0.2, -0.15) is 13.2 Å². The van der Waals surface area contributed by atoms with Gasteiger partial charge in [0.05, 0.1) is 30.3 Å². The highest BCUT2D eigenvalue weighted by molar-refractivity contribution is 5.99. The Bertz CT molecular complexity index is 1080. The summed E-state index contributed by atoms with van der Waals surface area (Å²) in [5, 5.41) is 11.6. The van der Waals surface area contributed by atoms with E-state index in [-0.39, 0.29) is 55.4 Å². The SMILES string of the molecule is CCOc1cc([N+](=O)[O-])c(C(=O)N2CCN(C(=O)c3ccc(C(F)(F)F)cc3)CC2)cc1OC. The van der Waals surface area contributed by atoms with Crippen molar-refractivity contribution in [2.24, 2.45) is 0 Å². The quantitative estimate of drug-likeness (QED) is 0.461. The molecule has 1 saturated heterocycles. The Balaban J connectivity index is 1.73. The fourth-order valence-electron chi connectivity index (χ4n) is 3.57. The summed E-state index contributed by atoms with van der Waals surface area (Å²) >= 11 is 0. The minimum atomic E-state index is -4.50. The van der Waals surface area contributed by atoms with Gasteiger partial charge in [0.1, 0.15) is 5.56 Å². The van der Waals surface area contributed by atoms with E-state index >= 15 is 0 Å². The van der Waals surface area contributed by atoms with Crippen molar-refractivity contribution in [1.82, 2.24) is 9.80 Å². The van der Waals surface area contributed by atoms with Crippen LogP contribution in [0.5, 0.6) is 11.5 Å². The first-order valence-electron chi connectivity index (χ1n) is 10.3. The van der Waals surface area contributed by atoms with Crippen LogP contribution in [0.4, 0.5) is 18.9 Å². The normalized spacial score (nSPS) is 14.0. The maximum Gasteiger partial charge on any atom is 0.416 e. The van der Waals surface area contributed by atoms with Crippen LogP contribution in [0.25, 0.3) is 0 Å². The van der Waals surface area contributed by atoms with Gasteiger partial charge in [-0.05, 0) is 31.2 Å². The number of nitrogens with zero attached hydrogens (tertiary/aromatic N) is 3. The van der Waals surface area contributed by atoms with Crippen molar-refractivity contribution in [3.8, 4) is 11.5 Å². The van der Waals surface area contributed by atoms with Crippen LogP contribution in [0, 0.1) is 10.1 Å². The zero-order valence-electron chi connectivity index (χ0n) is 18.4. The Labute approximate surface area is 192 Å². The lowest BCUT2D eigenvalue weighted by atomic mass is 10.1. The maximum absolute atomic E-state index is 13.1. The molecule has 0 aromatic heterocycles. The van der Waals surface area contributed by atoms with Gasteiger partial charge >= 0.3 is 6.18 Å². The van der Waals surface area contributed by atoms with E-state index in [1.165, 1.54) is 23.0 Å². The van der Waals surface area contributed by atoms with Crippen molar-refractivity contribution in [3.05, 3.63) is 63.2 Å². The molecule has 0 N–H and O–H groups in total. The molecule has 0 spiro atoms. The van der Waals surface area contributed by atoms with Gasteiger partial charge in [-0.15, -0.1) is 0 Å². The molecule has 0 saturated carbocycles. The number of amides is 2. The number of halogens is 3. The van der Waals surface area contributed by atoms with Gasteiger partial charge in [0, 0.05) is 37.8 Å². The third-order valence-electron chi connectivity index (χ3n) is 5.32. The summed E-state index contributed by atoms with van der Waals surface area (Å²) in [6.45, 7) is 2.38. The molecule has 0 bridgehead atoms. The number of benzene rings is 2. The number of rotatable bonds is 6. The minimum Gasteiger partial charge on any atom is -0.493 e. The second-order valence-corrected chi connectivity index (χ2v) is 7.37. The summed E-state index contributed by atoms with van der Waals surface area (Å²) in [6, 6.07) is 6.29. The van der Waals surface area contributed by atoms with Gasteiger partial charge in [-0.25, -0.2) is 0 Å². The van der Waals surface area contributed by atoms with E-state index in [1.807, 2.05) is 0 Å². The van der Waals surface area contributed by atoms with Crippen LogP contribution in [0.15, 0.2) is 36.4 Å². The molecule has 1 heterocycles. The van der Waals surface area contributed by atoms with E-state index in [4.69, 9.17) is 9.47 Å². The van der Waals surface area contributed by atoms with Gasteiger partial charge in [0.15, 0.2) is 11.5 Å². The number of nitro benzene ring substituents is 1. The van der Waals surface area contributed by atoms with Crippen LogP contribution < -0.4 is 9.47 Å². The molecule has 3 rings (SSSR count). The Hall–Kier alpha value is -3.83. The molecule has 12 heteroatoms. The summed E-state index contributed by atoms with van der Waals surface area (Å²) < 4.78 is 48.7. The highest BCUT2D eigenvalue weighted by Gasteiger charge is 2.32. The van der Waals surface area contributed by atoms with E-state index < -0.39 is 34.2 Å². The monoisotopic (exact) mass is 481 g/mol. The molecule has 0 aliphatic carbocycles. The maximum atomic E-state index is 13.1. The lowest BCUT2D eigenvalue weighted by molar-refractivity contribution is -0.385. The van der Waals surface area contributed by atoms with Crippen molar-refractivity contribution < 1.29 is 37.2 Å². The molecule has 2 amide bonds. The molecule has 182 valence electrons. The molecule has 0 atom stereocenters. The predicted molar refractivity (Wildman–Crippen MR) is 114 cm³/mol. The lowest BCUT2D eigenvalue weighted by Crippen LogP contribution is -2.50. The van der Waals surface area contributed by atoms with E-state index in [2.05, 4.69) is 0 Å².